The zero-order chi connectivity index (χ0) is 16.6. The van der Waals surface area contributed by atoms with E-state index < -0.39 is 25.3 Å². The molecule has 0 amide bonds. The number of hydrogen-bond acceptors (Lipinski definition) is 4. The lowest BCUT2D eigenvalue weighted by Crippen LogP contribution is -2.13. The van der Waals surface area contributed by atoms with Crippen LogP contribution >= 0.6 is 7.82 Å². The molecule has 0 aliphatic heterocycles. The molecule has 1 aliphatic rings. The fraction of sp³-hybridized carbons (Fsp3) is 0.125. The van der Waals surface area contributed by atoms with Crippen LogP contribution in [0.3, 0.4) is 0 Å². The molecule has 0 spiro atoms. The molecule has 1 unspecified atom stereocenters. The summed E-state index contributed by atoms with van der Waals surface area (Å²) < 4.78 is 15.5. The fourth-order valence-electron chi connectivity index (χ4n) is 2.79. The maximum absolute atomic E-state index is 12.4. The van der Waals surface area contributed by atoms with Gasteiger partial charge in [0.05, 0.1) is 12.5 Å². The van der Waals surface area contributed by atoms with Crippen LogP contribution in [0.15, 0.2) is 48.5 Å². The molecule has 0 saturated carbocycles. The Hall–Kier alpha value is -2.11. The topological polar surface area (TPSA) is 101 Å². The first kappa shape index (κ1) is 15.8. The first-order valence-corrected chi connectivity index (χ1v) is 8.37. The normalized spacial score (nSPS) is 17.4. The van der Waals surface area contributed by atoms with Gasteiger partial charge in [0.15, 0.2) is 0 Å². The van der Waals surface area contributed by atoms with Gasteiger partial charge in [-0.2, -0.15) is 0 Å². The average Bonchev–Trinajstić information content (AvgIpc) is 2.78. The number of ketones is 2. The van der Waals surface area contributed by atoms with E-state index in [2.05, 4.69) is 4.52 Å². The zero-order valence-electron chi connectivity index (χ0n) is 11.9. The highest BCUT2D eigenvalue weighted by molar-refractivity contribution is 7.46. The maximum atomic E-state index is 12.4. The van der Waals surface area contributed by atoms with Crippen molar-refractivity contribution in [3.8, 4) is 0 Å². The van der Waals surface area contributed by atoms with E-state index in [1.807, 2.05) is 0 Å². The minimum atomic E-state index is -4.65. The fourth-order valence-corrected chi connectivity index (χ4v) is 3.10. The van der Waals surface area contributed by atoms with E-state index >= 15 is 0 Å². The number of phosphoric ester groups is 1. The lowest BCUT2D eigenvalue weighted by molar-refractivity contribution is -0.115. The van der Waals surface area contributed by atoms with Crippen molar-refractivity contribution >= 4 is 19.4 Å². The molecule has 1 atom stereocenters. The molecule has 2 N–H and O–H groups in total. The van der Waals surface area contributed by atoms with Gasteiger partial charge in [-0.15, -0.1) is 0 Å². The van der Waals surface area contributed by atoms with Gasteiger partial charge in [0.1, 0.15) is 0 Å². The summed E-state index contributed by atoms with van der Waals surface area (Å²) in [5.74, 6) is -1.91. The van der Waals surface area contributed by atoms with E-state index in [1.54, 1.807) is 48.5 Å². The third-order valence-electron chi connectivity index (χ3n) is 3.74. The summed E-state index contributed by atoms with van der Waals surface area (Å²) in [4.78, 5) is 42.3. The molecule has 0 aromatic heterocycles. The first-order chi connectivity index (χ1) is 10.9. The Morgan fingerprint density at radius 3 is 2.35 bits per heavy atom. The number of rotatable bonds is 4. The number of benzene rings is 2. The summed E-state index contributed by atoms with van der Waals surface area (Å²) >= 11 is 0. The van der Waals surface area contributed by atoms with Crippen LogP contribution < -0.4 is 0 Å². The SMILES string of the molecule is O=C1C(=O)C(c2ccccc2)c2c(COP(=O)(O)O)cccc21. The number of carbonyl (C=O) groups excluding carboxylic acids is 2. The summed E-state index contributed by atoms with van der Waals surface area (Å²) in [7, 11) is -4.65. The molecule has 3 rings (SSSR count). The van der Waals surface area contributed by atoms with Crippen LogP contribution in [0.4, 0.5) is 0 Å². The van der Waals surface area contributed by atoms with Crippen molar-refractivity contribution in [3.05, 3.63) is 70.8 Å². The second kappa shape index (κ2) is 5.83. The molecule has 7 heteroatoms. The van der Waals surface area contributed by atoms with E-state index in [0.29, 0.717) is 16.7 Å². The van der Waals surface area contributed by atoms with Crippen LogP contribution in [-0.4, -0.2) is 21.4 Å². The summed E-state index contributed by atoms with van der Waals surface area (Å²) in [6.45, 7) is -0.378. The van der Waals surface area contributed by atoms with Crippen molar-refractivity contribution in [1.82, 2.24) is 0 Å². The number of hydrogen-bond donors (Lipinski definition) is 2. The number of fused-ring (bicyclic) bond motifs is 1. The van der Waals surface area contributed by atoms with Gasteiger partial charge in [0.25, 0.3) is 0 Å². The van der Waals surface area contributed by atoms with Gasteiger partial charge in [0, 0.05) is 5.56 Å². The maximum Gasteiger partial charge on any atom is 0.469 e. The Bertz CT molecular complexity index is 824. The third kappa shape index (κ3) is 3.02. The molecule has 6 nitrogen and oxygen atoms in total. The Labute approximate surface area is 132 Å². The van der Waals surface area contributed by atoms with Gasteiger partial charge in [-0.3, -0.25) is 14.1 Å². The lowest BCUT2D eigenvalue weighted by atomic mass is 9.89. The predicted molar refractivity (Wildman–Crippen MR) is 80.9 cm³/mol. The van der Waals surface area contributed by atoms with Crippen LogP contribution in [0, 0.1) is 0 Å². The van der Waals surface area contributed by atoms with Gasteiger partial charge >= 0.3 is 7.82 Å². The Morgan fingerprint density at radius 2 is 1.70 bits per heavy atom. The minimum absolute atomic E-state index is 0.260. The van der Waals surface area contributed by atoms with Crippen LogP contribution in [0.5, 0.6) is 0 Å². The second-order valence-corrected chi connectivity index (χ2v) is 6.42. The molecule has 23 heavy (non-hydrogen) atoms. The molecule has 2 aromatic rings. The van der Waals surface area contributed by atoms with Gasteiger partial charge in [-0.05, 0) is 16.7 Å². The highest BCUT2D eigenvalue weighted by Crippen LogP contribution is 2.41. The van der Waals surface area contributed by atoms with Crippen molar-refractivity contribution in [2.75, 3.05) is 0 Å². The predicted octanol–water partition coefficient (Wildman–Crippen LogP) is 2.19. The molecule has 0 saturated heterocycles. The molecule has 1 aliphatic carbocycles. The number of carbonyl (C=O) groups is 2. The van der Waals surface area contributed by atoms with E-state index in [4.69, 9.17) is 9.79 Å². The summed E-state index contributed by atoms with van der Waals surface area (Å²) in [6, 6.07) is 13.5. The smallest absolute Gasteiger partial charge is 0.303 e. The van der Waals surface area contributed by atoms with E-state index in [-0.39, 0.29) is 12.2 Å². The van der Waals surface area contributed by atoms with E-state index in [1.165, 1.54) is 0 Å². The number of Topliss-reactive ketones (excluding diaryl/α,β-unsaturated/α-hetero) is 2. The summed E-state index contributed by atoms with van der Waals surface area (Å²) in [5, 5.41) is 0. The molecule has 0 heterocycles. The highest BCUT2D eigenvalue weighted by Gasteiger charge is 2.40. The Morgan fingerprint density at radius 1 is 1.00 bits per heavy atom. The second-order valence-electron chi connectivity index (χ2n) is 5.18. The van der Waals surface area contributed by atoms with Crippen molar-refractivity contribution < 1.29 is 28.5 Å². The molecule has 0 fully saturated rings. The molecule has 0 bridgehead atoms. The monoisotopic (exact) mass is 332 g/mol. The lowest BCUT2D eigenvalue weighted by Gasteiger charge is -2.15. The van der Waals surface area contributed by atoms with Crippen molar-refractivity contribution in [3.63, 3.8) is 0 Å². The molecule has 118 valence electrons. The van der Waals surface area contributed by atoms with E-state index in [0.717, 1.165) is 0 Å². The van der Waals surface area contributed by atoms with Gasteiger partial charge in [-0.25, -0.2) is 4.57 Å². The third-order valence-corrected chi connectivity index (χ3v) is 4.20. The van der Waals surface area contributed by atoms with Crippen LogP contribution in [0.1, 0.15) is 33.0 Å². The van der Waals surface area contributed by atoms with Crippen molar-refractivity contribution in [2.24, 2.45) is 0 Å². The molecular weight excluding hydrogens is 319 g/mol. The van der Waals surface area contributed by atoms with Crippen LogP contribution in [0.2, 0.25) is 0 Å². The Kier molecular flexibility index (Phi) is 4.00. The van der Waals surface area contributed by atoms with Gasteiger partial charge in [-0.1, -0.05) is 48.5 Å². The molecular formula is C16H13O6P. The Balaban J connectivity index is 2.09. The average molecular weight is 332 g/mol. The van der Waals surface area contributed by atoms with Crippen LogP contribution in [-0.2, 0) is 20.5 Å². The van der Waals surface area contributed by atoms with E-state index in [9.17, 15) is 14.2 Å². The highest BCUT2D eigenvalue weighted by atomic mass is 31.2. The van der Waals surface area contributed by atoms with Crippen LogP contribution in [0.25, 0.3) is 0 Å². The zero-order valence-corrected chi connectivity index (χ0v) is 12.8. The van der Waals surface area contributed by atoms with Gasteiger partial charge in [0.2, 0.25) is 11.6 Å². The molecule has 2 aromatic carbocycles. The standard InChI is InChI=1S/C16H13O6P/c17-15-12-8-4-7-11(9-22-23(19,20)21)13(12)14(16(15)18)10-5-2-1-3-6-10/h1-8,14H,9H2,(H2,19,20,21). The first-order valence-electron chi connectivity index (χ1n) is 6.84. The van der Waals surface area contributed by atoms with Crippen molar-refractivity contribution in [2.45, 2.75) is 12.5 Å². The quantitative estimate of drug-likeness (QED) is 0.657. The number of phosphoric acid groups is 1. The van der Waals surface area contributed by atoms with Gasteiger partial charge < -0.3 is 9.79 Å². The summed E-state index contributed by atoms with van der Waals surface area (Å²) in [6.07, 6.45) is 0. The minimum Gasteiger partial charge on any atom is -0.303 e. The largest absolute Gasteiger partial charge is 0.469 e. The van der Waals surface area contributed by atoms with Crippen molar-refractivity contribution in [1.29, 1.82) is 0 Å². The molecule has 0 radical (unpaired) electrons. The summed E-state index contributed by atoms with van der Waals surface area (Å²) in [5.41, 5.74) is 1.80.